The van der Waals surface area contributed by atoms with Gasteiger partial charge in [-0.05, 0) is 42.5 Å². The van der Waals surface area contributed by atoms with E-state index in [1.165, 1.54) is 18.5 Å². The second-order valence-corrected chi connectivity index (χ2v) is 5.83. The molecule has 0 spiro atoms. The summed E-state index contributed by atoms with van der Waals surface area (Å²) >= 11 is 0. The maximum atomic E-state index is 12.1. The minimum Gasteiger partial charge on any atom is -0.399 e. The summed E-state index contributed by atoms with van der Waals surface area (Å²) in [4.78, 5) is 32.2. The van der Waals surface area contributed by atoms with Gasteiger partial charge in [0, 0.05) is 35.3 Å². The maximum Gasteiger partial charge on any atom is 0.258 e. The second kappa shape index (κ2) is 8.45. The van der Waals surface area contributed by atoms with Crippen LogP contribution in [0.1, 0.15) is 15.9 Å². The fourth-order valence-corrected chi connectivity index (χ4v) is 2.25. The molecule has 0 bridgehead atoms. The lowest BCUT2D eigenvalue weighted by Crippen LogP contribution is -2.14. The van der Waals surface area contributed by atoms with Crippen LogP contribution in [0.15, 0.2) is 67.0 Å². The Morgan fingerprint density at radius 1 is 0.893 bits per heavy atom. The van der Waals surface area contributed by atoms with Gasteiger partial charge in [0.05, 0.1) is 11.4 Å². The molecule has 0 saturated heterocycles. The molecule has 0 unspecified atom stereocenters. The summed E-state index contributed by atoms with van der Waals surface area (Å²) in [7, 11) is 0. The van der Waals surface area contributed by atoms with Crippen LogP contribution in [0.5, 0.6) is 0 Å². The van der Waals surface area contributed by atoms with E-state index in [2.05, 4.69) is 20.6 Å². The SMILES string of the molecule is Nc1ccc(C(=O)Nc2ncc(C=CC(=O)Nc3ccccc3N)cn2)cc1. The summed E-state index contributed by atoms with van der Waals surface area (Å²) in [5, 5.41) is 5.27. The lowest BCUT2D eigenvalue weighted by molar-refractivity contribution is -0.111. The van der Waals surface area contributed by atoms with E-state index in [1.54, 1.807) is 54.6 Å². The summed E-state index contributed by atoms with van der Waals surface area (Å²) in [5.74, 6) is -0.526. The van der Waals surface area contributed by atoms with Crippen LogP contribution >= 0.6 is 0 Å². The highest BCUT2D eigenvalue weighted by atomic mass is 16.2. The normalized spacial score (nSPS) is 10.6. The van der Waals surface area contributed by atoms with E-state index in [0.29, 0.717) is 28.2 Å². The van der Waals surface area contributed by atoms with E-state index in [0.717, 1.165) is 0 Å². The summed E-state index contributed by atoms with van der Waals surface area (Å²) in [5.41, 5.74) is 14.0. The zero-order chi connectivity index (χ0) is 19.9. The van der Waals surface area contributed by atoms with Crippen LogP contribution in [0.25, 0.3) is 6.08 Å². The monoisotopic (exact) mass is 374 g/mol. The standard InChI is InChI=1S/C20H18N6O2/c21-15-8-6-14(7-9-15)19(28)26-20-23-11-13(12-24-20)5-10-18(27)25-17-4-2-1-3-16(17)22/h1-12H,21-22H2,(H,25,27)(H,23,24,26,28). The van der Waals surface area contributed by atoms with E-state index in [-0.39, 0.29) is 17.8 Å². The Labute approximate surface area is 161 Å². The largest absolute Gasteiger partial charge is 0.399 e. The third kappa shape index (κ3) is 4.92. The fourth-order valence-electron chi connectivity index (χ4n) is 2.25. The van der Waals surface area contributed by atoms with Crippen molar-refractivity contribution in [2.45, 2.75) is 0 Å². The highest BCUT2D eigenvalue weighted by molar-refractivity contribution is 6.04. The molecule has 0 aliphatic heterocycles. The number of carbonyl (C=O) groups is 2. The van der Waals surface area contributed by atoms with Crippen molar-refractivity contribution in [1.82, 2.24) is 9.97 Å². The fraction of sp³-hybridized carbons (Fsp3) is 0. The molecular weight excluding hydrogens is 356 g/mol. The van der Waals surface area contributed by atoms with Gasteiger partial charge < -0.3 is 16.8 Å². The molecule has 3 aromatic rings. The molecule has 6 N–H and O–H groups in total. The molecule has 2 aromatic carbocycles. The van der Waals surface area contributed by atoms with Crippen molar-refractivity contribution in [1.29, 1.82) is 0 Å². The molecule has 0 atom stereocenters. The zero-order valence-corrected chi connectivity index (χ0v) is 14.8. The van der Waals surface area contributed by atoms with Gasteiger partial charge >= 0.3 is 0 Å². The lowest BCUT2D eigenvalue weighted by atomic mass is 10.2. The van der Waals surface area contributed by atoms with Gasteiger partial charge in [0.2, 0.25) is 11.9 Å². The number of nitrogens with two attached hydrogens (primary N) is 2. The summed E-state index contributed by atoms with van der Waals surface area (Å²) in [6.45, 7) is 0. The van der Waals surface area contributed by atoms with Crippen molar-refractivity contribution < 1.29 is 9.59 Å². The number of nitrogens with zero attached hydrogens (tertiary/aromatic N) is 2. The van der Waals surface area contributed by atoms with E-state index in [4.69, 9.17) is 11.5 Å². The minimum atomic E-state index is -0.344. The van der Waals surface area contributed by atoms with Crippen molar-refractivity contribution in [3.63, 3.8) is 0 Å². The first-order valence-electron chi connectivity index (χ1n) is 8.34. The Morgan fingerprint density at radius 3 is 2.25 bits per heavy atom. The number of rotatable bonds is 5. The number of hydrogen-bond acceptors (Lipinski definition) is 6. The minimum absolute atomic E-state index is 0.153. The lowest BCUT2D eigenvalue weighted by Gasteiger charge is -2.05. The number of para-hydroxylation sites is 2. The van der Waals surface area contributed by atoms with E-state index in [1.807, 2.05) is 0 Å². The number of amides is 2. The molecule has 1 heterocycles. The molecule has 8 heteroatoms. The van der Waals surface area contributed by atoms with Crippen molar-refractivity contribution >= 4 is 40.9 Å². The molecule has 3 rings (SSSR count). The summed E-state index contributed by atoms with van der Waals surface area (Å²) in [6, 6.07) is 13.5. The number of nitrogens with one attached hydrogen (secondary N) is 2. The summed E-state index contributed by atoms with van der Waals surface area (Å²) < 4.78 is 0. The Balaban J connectivity index is 1.58. The molecule has 2 amide bonds. The number of carbonyl (C=O) groups excluding carboxylic acids is 2. The zero-order valence-electron chi connectivity index (χ0n) is 14.8. The first kappa shape index (κ1) is 18.6. The van der Waals surface area contributed by atoms with Gasteiger partial charge in [0.15, 0.2) is 0 Å². The van der Waals surface area contributed by atoms with Gasteiger partial charge in [-0.1, -0.05) is 12.1 Å². The van der Waals surface area contributed by atoms with Crippen LogP contribution in [0.4, 0.5) is 23.0 Å². The number of nitrogen functional groups attached to an aromatic ring is 2. The number of hydrogen-bond donors (Lipinski definition) is 4. The molecule has 8 nitrogen and oxygen atoms in total. The second-order valence-electron chi connectivity index (χ2n) is 5.83. The number of anilines is 4. The van der Waals surface area contributed by atoms with Crippen molar-refractivity contribution in [3.05, 3.63) is 78.1 Å². The highest BCUT2D eigenvalue weighted by Gasteiger charge is 2.07. The molecule has 140 valence electrons. The molecule has 0 saturated carbocycles. The van der Waals surface area contributed by atoms with Crippen LogP contribution in [-0.4, -0.2) is 21.8 Å². The molecule has 0 aliphatic rings. The van der Waals surface area contributed by atoms with Crippen LogP contribution in [0.2, 0.25) is 0 Å². The molecule has 0 radical (unpaired) electrons. The van der Waals surface area contributed by atoms with Crippen LogP contribution < -0.4 is 22.1 Å². The molecule has 1 aromatic heterocycles. The smallest absolute Gasteiger partial charge is 0.258 e. The van der Waals surface area contributed by atoms with Crippen LogP contribution in [0.3, 0.4) is 0 Å². The summed E-state index contributed by atoms with van der Waals surface area (Å²) in [6.07, 6.45) is 5.89. The van der Waals surface area contributed by atoms with Gasteiger partial charge in [-0.25, -0.2) is 9.97 Å². The van der Waals surface area contributed by atoms with Gasteiger partial charge in [-0.15, -0.1) is 0 Å². The van der Waals surface area contributed by atoms with Gasteiger partial charge in [0.25, 0.3) is 5.91 Å². The van der Waals surface area contributed by atoms with E-state index < -0.39 is 0 Å². The highest BCUT2D eigenvalue weighted by Crippen LogP contribution is 2.16. The Hall–Kier alpha value is -4.20. The van der Waals surface area contributed by atoms with E-state index in [9.17, 15) is 9.59 Å². The molecule has 0 aliphatic carbocycles. The predicted molar refractivity (Wildman–Crippen MR) is 109 cm³/mol. The average molecular weight is 374 g/mol. The molecular formula is C20H18N6O2. The number of benzene rings is 2. The van der Waals surface area contributed by atoms with Crippen LogP contribution in [0, 0.1) is 0 Å². The molecule has 28 heavy (non-hydrogen) atoms. The Kier molecular flexibility index (Phi) is 5.61. The maximum absolute atomic E-state index is 12.1. The van der Waals surface area contributed by atoms with Crippen molar-refractivity contribution in [2.24, 2.45) is 0 Å². The van der Waals surface area contributed by atoms with Gasteiger partial charge in [0.1, 0.15) is 0 Å². The van der Waals surface area contributed by atoms with Gasteiger partial charge in [-0.2, -0.15) is 0 Å². The first-order chi connectivity index (χ1) is 13.5. The first-order valence-corrected chi connectivity index (χ1v) is 8.34. The van der Waals surface area contributed by atoms with Crippen molar-refractivity contribution in [2.75, 3.05) is 22.1 Å². The topological polar surface area (TPSA) is 136 Å². The van der Waals surface area contributed by atoms with E-state index >= 15 is 0 Å². The quantitative estimate of drug-likeness (QED) is 0.400. The third-order valence-electron chi connectivity index (χ3n) is 3.72. The number of aromatic nitrogens is 2. The molecule has 0 fully saturated rings. The average Bonchev–Trinajstić information content (AvgIpc) is 2.70. The van der Waals surface area contributed by atoms with Crippen molar-refractivity contribution in [3.8, 4) is 0 Å². The Morgan fingerprint density at radius 2 is 1.57 bits per heavy atom. The van der Waals surface area contributed by atoms with Crippen LogP contribution in [-0.2, 0) is 4.79 Å². The van der Waals surface area contributed by atoms with Gasteiger partial charge in [-0.3, -0.25) is 14.9 Å². The third-order valence-corrected chi connectivity index (χ3v) is 3.72. The predicted octanol–water partition coefficient (Wildman–Crippen LogP) is 2.55. The Bertz CT molecular complexity index is 1010.